The predicted molar refractivity (Wildman–Crippen MR) is 40.7 cm³/mol. The van der Waals surface area contributed by atoms with Gasteiger partial charge in [-0.25, -0.2) is 0 Å². The molecule has 48 valence electrons. The molecule has 0 aliphatic heterocycles. The molecule has 0 radical (unpaired) electrons. The monoisotopic (exact) mass is 123 g/mol. The van der Waals surface area contributed by atoms with Crippen molar-refractivity contribution in [3.05, 3.63) is 29.8 Å². The minimum atomic E-state index is 0.387. The molecule has 0 atom stereocenters. The first-order valence-corrected chi connectivity index (χ1v) is 2.90. The lowest BCUT2D eigenvalue weighted by atomic mass is 10.2. The van der Waals surface area contributed by atoms with Crippen molar-refractivity contribution in [3.8, 4) is 0 Å². The zero-order chi connectivity index (χ0) is 8.43. The first-order chi connectivity index (χ1) is 5.15. The second-order valence-corrected chi connectivity index (χ2v) is 1.91. The fraction of sp³-hybridized carbons (Fsp3) is 0.250. The van der Waals surface area contributed by atoms with E-state index in [-0.39, 0.29) is 0 Å². The van der Waals surface area contributed by atoms with Crippen LogP contribution in [-0.4, -0.2) is 7.05 Å². The van der Waals surface area contributed by atoms with E-state index >= 15 is 0 Å². The molecule has 0 aromatic heterocycles. The van der Waals surface area contributed by atoms with Crippen LogP contribution in [0, 0.1) is 6.92 Å². The van der Waals surface area contributed by atoms with Gasteiger partial charge in [0.2, 0.25) is 0 Å². The Kier molecular flexibility index (Phi) is 1.11. The second-order valence-electron chi connectivity index (χ2n) is 1.91. The van der Waals surface area contributed by atoms with E-state index in [1.165, 1.54) is 6.07 Å². The highest BCUT2D eigenvalue weighted by Crippen LogP contribution is 2.10. The Bertz CT molecular complexity index is 248. The Hall–Kier alpha value is -0.980. The summed E-state index contributed by atoms with van der Waals surface area (Å²) >= 11 is 0. The quantitative estimate of drug-likeness (QED) is 0.602. The van der Waals surface area contributed by atoms with Gasteiger partial charge < -0.3 is 5.32 Å². The summed E-state index contributed by atoms with van der Waals surface area (Å²) in [6.07, 6.45) is 0. The third kappa shape index (κ3) is 1.22. The van der Waals surface area contributed by atoms with Crippen LogP contribution in [-0.2, 0) is 0 Å². The van der Waals surface area contributed by atoms with Crippen molar-refractivity contribution in [2.75, 3.05) is 12.4 Å². The molecule has 1 heteroatoms. The van der Waals surface area contributed by atoms with E-state index in [1.807, 2.05) is 6.92 Å². The van der Waals surface area contributed by atoms with Crippen LogP contribution in [0.2, 0.25) is 0 Å². The zero-order valence-electron chi connectivity index (χ0n) is 7.65. The van der Waals surface area contributed by atoms with Crippen LogP contribution in [0.1, 0.15) is 8.30 Å². The topological polar surface area (TPSA) is 12.0 Å². The van der Waals surface area contributed by atoms with Crippen molar-refractivity contribution < 1.29 is 2.74 Å². The summed E-state index contributed by atoms with van der Waals surface area (Å²) in [7, 11) is 1.78. The Morgan fingerprint density at radius 1 is 1.67 bits per heavy atom. The van der Waals surface area contributed by atoms with E-state index in [0.717, 1.165) is 11.3 Å². The maximum Gasteiger partial charge on any atom is 0.0645 e. The molecule has 0 aliphatic rings. The van der Waals surface area contributed by atoms with Crippen molar-refractivity contribution in [2.45, 2.75) is 6.92 Å². The van der Waals surface area contributed by atoms with Gasteiger partial charge in [0, 0.05) is 12.7 Å². The first-order valence-electron chi connectivity index (χ1n) is 3.90. The van der Waals surface area contributed by atoms with Crippen molar-refractivity contribution in [1.29, 1.82) is 0 Å². The van der Waals surface area contributed by atoms with Crippen LogP contribution in [0.5, 0.6) is 0 Å². The largest absolute Gasteiger partial charge is 0.388 e. The van der Waals surface area contributed by atoms with Crippen molar-refractivity contribution >= 4 is 5.69 Å². The molecule has 1 nitrogen and oxygen atoms in total. The van der Waals surface area contributed by atoms with Gasteiger partial charge in [-0.2, -0.15) is 0 Å². The van der Waals surface area contributed by atoms with E-state index < -0.39 is 0 Å². The fourth-order valence-electron chi connectivity index (χ4n) is 0.736. The molecular formula is C8H11N. The molecule has 0 bridgehead atoms. The molecule has 0 saturated heterocycles. The minimum absolute atomic E-state index is 0.387. The molecule has 0 spiro atoms. The lowest BCUT2D eigenvalue weighted by molar-refractivity contribution is 1.41. The fourth-order valence-corrected chi connectivity index (χ4v) is 0.736. The van der Waals surface area contributed by atoms with Gasteiger partial charge in [0.05, 0.1) is 2.74 Å². The molecule has 0 unspecified atom stereocenters. The number of hydrogen-bond donors (Lipinski definition) is 1. The summed E-state index contributed by atoms with van der Waals surface area (Å²) in [6, 6.07) is 4.05. The molecule has 1 aromatic carbocycles. The number of para-hydroxylation sites is 1. The minimum Gasteiger partial charge on any atom is -0.388 e. The van der Waals surface area contributed by atoms with Gasteiger partial charge in [-0.1, -0.05) is 18.2 Å². The third-order valence-electron chi connectivity index (χ3n) is 1.24. The number of hydrogen-bond acceptors (Lipinski definition) is 1. The summed E-state index contributed by atoms with van der Waals surface area (Å²) in [5.74, 6) is 0. The first kappa shape index (κ1) is 3.94. The predicted octanol–water partition coefficient (Wildman–Crippen LogP) is 2.04. The average molecular weight is 123 g/mol. The number of anilines is 1. The van der Waals surface area contributed by atoms with Gasteiger partial charge in [0.25, 0.3) is 0 Å². The highest BCUT2D eigenvalue weighted by molar-refractivity contribution is 5.49. The highest BCUT2D eigenvalue weighted by Gasteiger charge is 1.88. The zero-order valence-corrected chi connectivity index (χ0v) is 5.65. The molecule has 0 heterocycles. The Morgan fingerprint density at radius 2 is 2.44 bits per heavy atom. The summed E-state index contributed by atoms with van der Waals surface area (Å²) < 4.78 is 14.8. The molecule has 0 fully saturated rings. The van der Waals surface area contributed by atoms with E-state index in [1.54, 1.807) is 13.1 Å². The highest BCUT2D eigenvalue weighted by atomic mass is 14.8. The molecule has 1 aromatic rings. The van der Waals surface area contributed by atoms with Gasteiger partial charge >= 0.3 is 0 Å². The Labute approximate surface area is 58.5 Å². The van der Waals surface area contributed by atoms with Gasteiger partial charge in [-0.3, -0.25) is 0 Å². The van der Waals surface area contributed by atoms with Gasteiger partial charge in [0.15, 0.2) is 0 Å². The van der Waals surface area contributed by atoms with E-state index in [0.29, 0.717) is 12.1 Å². The number of aryl methyl sites for hydroxylation is 1. The standard InChI is InChI=1S/C8H11N/c1-7-5-3-4-6-8(7)9-2/h3-6,9H,1-2H3/i3D,6D. The molecule has 9 heavy (non-hydrogen) atoms. The molecule has 0 saturated carbocycles. The SMILES string of the molecule is [2H]c1cc([2H])c(NC)c(C)c1. The summed E-state index contributed by atoms with van der Waals surface area (Å²) in [5.41, 5.74) is 1.76. The van der Waals surface area contributed by atoms with E-state index in [4.69, 9.17) is 2.74 Å². The van der Waals surface area contributed by atoms with Gasteiger partial charge in [0.1, 0.15) is 0 Å². The second kappa shape index (κ2) is 2.53. The van der Waals surface area contributed by atoms with Crippen molar-refractivity contribution in [2.24, 2.45) is 0 Å². The van der Waals surface area contributed by atoms with Crippen LogP contribution in [0.3, 0.4) is 0 Å². The van der Waals surface area contributed by atoms with Gasteiger partial charge in [-0.15, -0.1) is 0 Å². The maximum atomic E-state index is 7.47. The van der Waals surface area contributed by atoms with Crippen LogP contribution in [0.4, 0.5) is 5.69 Å². The molecule has 0 amide bonds. The van der Waals surface area contributed by atoms with Crippen LogP contribution >= 0.6 is 0 Å². The van der Waals surface area contributed by atoms with Crippen LogP contribution in [0.15, 0.2) is 24.2 Å². The molecular weight excluding hydrogens is 110 g/mol. The van der Waals surface area contributed by atoms with Crippen LogP contribution in [0.25, 0.3) is 0 Å². The maximum absolute atomic E-state index is 7.47. The van der Waals surface area contributed by atoms with Crippen molar-refractivity contribution in [1.82, 2.24) is 0 Å². The lowest BCUT2D eigenvalue weighted by Gasteiger charge is -2.01. The molecule has 1 N–H and O–H groups in total. The van der Waals surface area contributed by atoms with Crippen molar-refractivity contribution in [3.63, 3.8) is 0 Å². The smallest absolute Gasteiger partial charge is 0.0645 e. The molecule has 0 aliphatic carbocycles. The normalized spacial score (nSPS) is 12.2. The summed E-state index contributed by atoms with van der Waals surface area (Å²) in [6.45, 7) is 1.89. The number of rotatable bonds is 1. The third-order valence-corrected chi connectivity index (χ3v) is 1.24. The average Bonchev–Trinajstić information content (AvgIpc) is 1.85. The Balaban J connectivity index is 3.25. The molecule has 1 rings (SSSR count). The van der Waals surface area contributed by atoms with E-state index in [2.05, 4.69) is 5.32 Å². The van der Waals surface area contributed by atoms with Crippen LogP contribution < -0.4 is 5.32 Å². The summed E-state index contributed by atoms with van der Waals surface area (Å²) in [4.78, 5) is 0. The number of nitrogens with one attached hydrogen (secondary N) is 1. The van der Waals surface area contributed by atoms with Gasteiger partial charge in [-0.05, 0) is 18.5 Å². The van der Waals surface area contributed by atoms with E-state index in [9.17, 15) is 0 Å². The summed E-state index contributed by atoms with van der Waals surface area (Å²) in [5, 5.41) is 2.92. The Morgan fingerprint density at radius 3 is 3.00 bits per heavy atom. The number of benzene rings is 1. The lowest BCUT2D eigenvalue weighted by Crippen LogP contribution is -1.89.